The Bertz CT molecular complexity index is 785. The normalized spacial score (nSPS) is 15.5. The first-order valence-corrected chi connectivity index (χ1v) is 10.2. The fraction of sp³-hybridized carbons (Fsp3) is 0.435. The van der Waals surface area contributed by atoms with E-state index in [0.717, 1.165) is 43.2 Å². The van der Waals surface area contributed by atoms with Gasteiger partial charge in [-0.1, -0.05) is 26.0 Å². The summed E-state index contributed by atoms with van der Waals surface area (Å²) in [7, 11) is 1.66. The number of hydrogen-bond donors (Lipinski definition) is 1. The van der Waals surface area contributed by atoms with Gasteiger partial charge in [-0.3, -0.25) is 4.79 Å². The van der Waals surface area contributed by atoms with Gasteiger partial charge in [0.25, 0.3) is 5.91 Å². The van der Waals surface area contributed by atoms with Crippen LogP contribution >= 0.6 is 0 Å². The number of methoxy groups -OCH3 is 1. The summed E-state index contributed by atoms with van der Waals surface area (Å²) in [4.78, 5) is 17.0. The van der Waals surface area contributed by atoms with E-state index in [-0.39, 0.29) is 17.8 Å². The summed E-state index contributed by atoms with van der Waals surface area (Å²) in [5.41, 5.74) is 2.21. The number of carbonyl (C=O) groups is 1. The first kappa shape index (κ1) is 21.1. The monoisotopic (exact) mass is 400 g/mol. The Morgan fingerprint density at radius 2 is 1.66 bits per heavy atom. The highest BCUT2D eigenvalue weighted by Gasteiger charge is 2.25. The van der Waals surface area contributed by atoms with Gasteiger partial charge in [-0.25, -0.2) is 4.39 Å². The Balaban J connectivity index is 1.51. The van der Waals surface area contributed by atoms with Crippen LogP contribution in [0.25, 0.3) is 0 Å². The van der Waals surface area contributed by atoms with Crippen LogP contribution in [0.15, 0.2) is 48.5 Å². The highest BCUT2D eigenvalue weighted by Crippen LogP contribution is 2.21. The molecule has 1 aliphatic heterocycles. The van der Waals surface area contributed by atoms with E-state index in [9.17, 15) is 9.18 Å². The zero-order chi connectivity index (χ0) is 20.8. The molecule has 1 atom stereocenters. The van der Waals surface area contributed by atoms with Crippen LogP contribution in [0.4, 0.5) is 10.1 Å². The van der Waals surface area contributed by atoms with Crippen molar-refractivity contribution in [3.63, 3.8) is 0 Å². The second-order valence-corrected chi connectivity index (χ2v) is 7.83. The van der Waals surface area contributed by atoms with Crippen molar-refractivity contribution < 1.29 is 19.2 Å². The molecule has 0 radical (unpaired) electrons. The molecular formula is C23H31FN3O2+. The van der Waals surface area contributed by atoms with Gasteiger partial charge in [-0.05, 0) is 36.4 Å². The number of quaternary nitrogens is 1. The summed E-state index contributed by atoms with van der Waals surface area (Å²) in [6.45, 7) is 7.75. The molecule has 2 N–H and O–H groups in total. The van der Waals surface area contributed by atoms with Crippen LogP contribution in [0.3, 0.4) is 0 Å². The largest absolute Gasteiger partial charge is 0.497 e. The number of anilines is 1. The molecule has 0 bridgehead atoms. The van der Waals surface area contributed by atoms with Crippen LogP contribution in [0, 0.1) is 11.7 Å². The average Bonchev–Trinajstić information content (AvgIpc) is 2.75. The van der Waals surface area contributed by atoms with Gasteiger partial charge in [0.15, 0.2) is 6.54 Å². The highest BCUT2D eigenvalue weighted by atomic mass is 19.1. The maximum Gasteiger partial charge on any atom is 0.277 e. The van der Waals surface area contributed by atoms with Gasteiger partial charge in [0, 0.05) is 43.3 Å². The Labute approximate surface area is 172 Å². The molecule has 1 heterocycles. The number of rotatable bonds is 7. The van der Waals surface area contributed by atoms with Crippen LogP contribution in [-0.2, 0) is 4.79 Å². The molecule has 0 unspecified atom stereocenters. The van der Waals surface area contributed by atoms with Gasteiger partial charge >= 0.3 is 0 Å². The van der Waals surface area contributed by atoms with E-state index in [0.29, 0.717) is 12.5 Å². The smallest absolute Gasteiger partial charge is 0.277 e. The number of nitrogens with zero attached hydrogens (tertiary/aromatic N) is 2. The molecule has 1 fully saturated rings. The predicted octanol–water partition coefficient (Wildman–Crippen LogP) is 2.44. The van der Waals surface area contributed by atoms with Crippen molar-refractivity contribution >= 4 is 11.6 Å². The van der Waals surface area contributed by atoms with Crippen molar-refractivity contribution in [2.24, 2.45) is 5.92 Å². The van der Waals surface area contributed by atoms with Gasteiger partial charge < -0.3 is 19.9 Å². The van der Waals surface area contributed by atoms with Crippen molar-refractivity contribution in [2.75, 3.05) is 44.7 Å². The molecule has 5 nitrogen and oxygen atoms in total. The fourth-order valence-corrected chi connectivity index (χ4v) is 3.84. The number of amides is 1. The van der Waals surface area contributed by atoms with Crippen molar-refractivity contribution in [3.05, 3.63) is 59.9 Å². The zero-order valence-corrected chi connectivity index (χ0v) is 17.5. The molecule has 0 aromatic heterocycles. The molecule has 0 spiro atoms. The van der Waals surface area contributed by atoms with Crippen LogP contribution in [0.1, 0.15) is 25.5 Å². The van der Waals surface area contributed by atoms with E-state index in [1.165, 1.54) is 12.1 Å². The lowest BCUT2D eigenvalue weighted by atomic mass is 9.96. The highest BCUT2D eigenvalue weighted by molar-refractivity contribution is 5.77. The van der Waals surface area contributed by atoms with Gasteiger partial charge in [0.05, 0.1) is 7.11 Å². The topological polar surface area (TPSA) is 49.4 Å². The minimum atomic E-state index is -0.234. The molecular weight excluding hydrogens is 369 g/mol. The van der Waals surface area contributed by atoms with Gasteiger partial charge in [0.2, 0.25) is 0 Å². The van der Waals surface area contributed by atoms with Crippen molar-refractivity contribution in [1.29, 1.82) is 0 Å². The van der Waals surface area contributed by atoms with Gasteiger partial charge in [0.1, 0.15) is 17.6 Å². The third-order valence-electron chi connectivity index (χ3n) is 5.59. The fourth-order valence-electron chi connectivity index (χ4n) is 3.84. The third kappa shape index (κ3) is 5.48. The maximum absolute atomic E-state index is 13.2. The number of ether oxygens (including phenoxy) is 1. The maximum atomic E-state index is 13.2. The molecule has 2 aromatic carbocycles. The molecule has 1 amide bonds. The minimum Gasteiger partial charge on any atom is -0.497 e. The number of carbonyl (C=O) groups excluding carboxylic acids is 1. The Morgan fingerprint density at radius 1 is 1.03 bits per heavy atom. The van der Waals surface area contributed by atoms with E-state index >= 15 is 0 Å². The Hall–Kier alpha value is -2.60. The number of halogens is 1. The van der Waals surface area contributed by atoms with Crippen LogP contribution in [-0.4, -0.2) is 50.6 Å². The van der Waals surface area contributed by atoms with Crippen LogP contribution in [0.5, 0.6) is 5.75 Å². The third-order valence-corrected chi connectivity index (χ3v) is 5.59. The minimum absolute atomic E-state index is 0.139. The van der Waals surface area contributed by atoms with E-state index in [1.54, 1.807) is 7.11 Å². The second-order valence-electron chi connectivity index (χ2n) is 7.83. The lowest BCUT2D eigenvalue weighted by Crippen LogP contribution is -2.88. The summed E-state index contributed by atoms with van der Waals surface area (Å²) < 4.78 is 18.4. The number of benzene rings is 2. The summed E-state index contributed by atoms with van der Waals surface area (Å²) in [5.74, 6) is 1.12. The predicted molar refractivity (Wildman–Crippen MR) is 113 cm³/mol. The number of piperazine rings is 1. The first-order chi connectivity index (χ1) is 14.0. The van der Waals surface area contributed by atoms with E-state index in [1.807, 2.05) is 29.2 Å². The molecule has 0 saturated carbocycles. The zero-order valence-electron chi connectivity index (χ0n) is 17.5. The SMILES string of the molecule is COc1ccc(N2CCN(C(=O)C[NH2+][C@H](c3ccc(F)cc3)C(C)C)CC2)cc1. The summed E-state index contributed by atoms with van der Waals surface area (Å²) >= 11 is 0. The van der Waals surface area contributed by atoms with Crippen molar-refractivity contribution in [3.8, 4) is 5.75 Å². The average molecular weight is 401 g/mol. The Kier molecular flexibility index (Phi) is 7.09. The number of hydrogen-bond acceptors (Lipinski definition) is 3. The lowest BCUT2D eigenvalue weighted by Gasteiger charge is -2.36. The van der Waals surface area contributed by atoms with Gasteiger partial charge in [-0.2, -0.15) is 0 Å². The summed E-state index contributed by atoms with van der Waals surface area (Å²) in [6, 6.07) is 14.8. The van der Waals surface area contributed by atoms with Crippen molar-refractivity contribution in [1.82, 2.24) is 4.90 Å². The van der Waals surface area contributed by atoms with E-state index < -0.39 is 0 Å². The molecule has 6 heteroatoms. The molecule has 3 rings (SSSR count). The first-order valence-electron chi connectivity index (χ1n) is 10.2. The van der Waals surface area contributed by atoms with Gasteiger partial charge in [-0.15, -0.1) is 0 Å². The molecule has 156 valence electrons. The Morgan fingerprint density at radius 3 is 2.21 bits per heavy atom. The van der Waals surface area contributed by atoms with E-state index in [2.05, 4.69) is 36.2 Å². The quantitative estimate of drug-likeness (QED) is 0.777. The number of nitrogens with two attached hydrogens (primary N) is 1. The molecule has 0 aliphatic carbocycles. The second kappa shape index (κ2) is 9.74. The molecule has 29 heavy (non-hydrogen) atoms. The summed E-state index contributed by atoms with van der Waals surface area (Å²) in [6.07, 6.45) is 0. The molecule has 1 aliphatic rings. The molecule has 1 saturated heterocycles. The summed E-state index contributed by atoms with van der Waals surface area (Å²) in [5, 5.41) is 2.08. The van der Waals surface area contributed by atoms with Crippen LogP contribution in [0.2, 0.25) is 0 Å². The lowest BCUT2D eigenvalue weighted by molar-refractivity contribution is -0.692. The van der Waals surface area contributed by atoms with Crippen molar-refractivity contribution in [2.45, 2.75) is 19.9 Å². The standard InChI is InChI=1S/C23H30FN3O2/c1-17(2)23(18-4-6-19(24)7-5-18)25-16-22(28)27-14-12-26(13-15-27)20-8-10-21(29-3)11-9-20/h4-11,17,23,25H,12-16H2,1-3H3/p+1/t23-/m0/s1. The van der Waals surface area contributed by atoms with Crippen LogP contribution < -0.4 is 15.0 Å². The molecule has 2 aromatic rings. The van der Waals surface area contributed by atoms with E-state index in [4.69, 9.17) is 4.74 Å².